The van der Waals surface area contributed by atoms with Gasteiger partial charge in [-0.1, -0.05) is 18.2 Å². The third kappa shape index (κ3) is 4.21. The molecular weight excluding hydrogens is 336 g/mol. The van der Waals surface area contributed by atoms with Gasteiger partial charge >= 0.3 is 0 Å². The molecule has 6 heteroatoms. The molecule has 0 saturated carbocycles. The first-order valence-corrected chi connectivity index (χ1v) is 8.16. The number of ether oxygens (including phenoxy) is 3. The van der Waals surface area contributed by atoms with Gasteiger partial charge in [0.15, 0.2) is 23.0 Å². The predicted molar refractivity (Wildman–Crippen MR) is 99.1 cm³/mol. The van der Waals surface area contributed by atoms with Gasteiger partial charge in [-0.25, -0.2) is 0 Å². The van der Waals surface area contributed by atoms with E-state index >= 15 is 0 Å². The zero-order valence-electron chi connectivity index (χ0n) is 15.3. The lowest BCUT2D eigenvalue weighted by atomic mass is 10.0. The lowest BCUT2D eigenvalue weighted by Crippen LogP contribution is -2.22. The van der Waals surface area contributed by atoms with Crippen LogP contribution in [0.5, 0.6) is 28.7 Å². The summed E-state index contributed by atoms with van der Waals surface area (Å²) in [6.45, 7) is 3.62. The molecule has 6 nitrogen and oxygen atoms in total. The standard InChI is InChI=1S/C20H24O6/c1-5-6-13-7-8-16(17(9-13)24-3)26-12(2)19(22)14-10-15(21)20(23)18(11-14)25-4/h5-12,19,21-23H,1-4H3/b6-5+. The van der Waals surface area contributed by atoms with Crippen molar-refractivity contribution in [3.05, 3.63) is 47.5 Å². The normalized spacial score (nSPS) is 13.4. The molecule has 0 saturated heterocycles. The first kappa shape index (κ1) is 19.5. The highest BCUT2D eigenvalue weighted by Crippen LogP contribution is 2.39. The first-order chi connectivity index (χ1) is 12.4. The second-order valence-electron chi connectivity index (χ2n) is 5.77. The van der Waals surface area contributed by atoms with Crippen LogP contribution < -0.4 is 14.2 Å². The maximum Gasteiger partial charge on any atom is 0.200 e. The average Bonchev–Trinajstić information content (AvgIpc) is 2.64. The van der Waals surface area contributed by atoms with E-state index in [0.717, 1.165) is 5.56 Å². The molecule has 0 bridgehead atoms. The number of benzene rings is 2. The number of methoxy groups -OCH3 is 2. The van der Waals surface area contributed by atoms with Crippen LogP contribution in [-0.4, -0.2) is 35.6 Å². The van der Waals surface area contributed by atoms with Crippen molar-refractivity contribution in [2.24, 2.45) is 0 Å². The Morgan fingerprint density at radius 1 is 0.962 bits per heavy atom. The summed E-state index contributed by atoms with van der Waals surface area (Å²) in [5.41, 5.74) is 1.33. The molecule has 0 fully saturated rings. The molecule has 0 heterocycles. The predicted octanol–water partition coefficient (Wildman–Crippen LogP) is 3.65. The van der Waals surface area contributed by atoms with Crippen LogP contribution >= 0.6 is 0 Å². The fourth-order valence-corrected chi connectivity index (χ4v) is 2.55. The highest BCUT2D eigenvalue weighted by molar-refractivity contribution is 5.56. The summed E-state index contributed by atoms with van der Waals surface area (Å²) in [5, 5.41) is 30.1. The Hall–Kier alpha value is -2.86. The zero-order chi connectivity index (χ0) is 19.3. The molecule has 0 aliphatic heterocycles. The monoisotopic (exact) mass is 360 g/mol. The molecule has 0 amide bonds. The molecule has 2 rings (SSSR count). The number of phenols is 2. The SMILES string of the molecule is C/C=C/c1ccc(OC(C)C(O)c2cc(O)c(O)c(OC)c2)c(OC)c1. The summed E-state index contributed by atoms with van der Waals surface area (Å²) in [7, 11) is 2.91. The number of allylic oxidation sites excluding steroid dienone is 1. The van der Waals surface area contributed by atoms with Crippen LogP contribution in [-0.2, 0) is 0 Å². The van der Waals surface area contributed by atoms with Gasteiger partial charge in [-0.2, -0.15) is 0 Å². The molecule has 0 spiro atoms. The molecule has 2 atom stereocenters. The Kier molecular flexibility index (Phi) is 6.36. The number of hydrogen-bond donors (Lipinski definition) is 3. The molecule has 0 aliphatic rings. The fraction of sp³-hybridized carbons (Fsp3) is 0.300. The van der Waals surface area contributed by atoms with E-state index < -0.39 is 12.2 Å². The van der Waals surface area contributed by atoms with Crippen molar-refractivity contribution in [2.75, 3.05) is 14.2 Å². The van der Waals surface area contributed by atoms with E-state index in [9.17, 15) is 15.3 Å². The van der Waals surface area contributed by atoms with Crippen molar-refractivity contribution < 1.29 is 29.5 Å². The van der Waals surface area contributed by atoms with Crippen molar-refractivity contribution in [3.63, 3.8) is 0 Å². The summed E-state index contributed by atoms with van der Waals surface area (Å²) in [4.78, 5) is 0. The second kappa shape index (κ2) is 8.49. The van der Waals surface area contributed by atoms with Crippen LogP contribution in [0.4, 0.5) is 0 Å². The quantitative estimate of drug-likeness (QED) is 0.653. The lowest BCUT2D eigenvalue weighted by Gasteiger charge is -2.23. The van der Waals surface area contributed by atoms with Gasteiger partial charge in [0.1, 0.15) is 12.2 Å². The highest BCUT2D eigenvalue weighted by Gasteiger charge is 2.22. The zero-order valence-corrected chi connectivity index (χ0v) is 15.3. The molecule has 2 aromatic rings. The van der Waals surface area contributed by atoms with Gasteiger partial charge in [0.2, 0.25) is 5.75 Å². The van der Waals surface area contributed by atoms with Crippen LogP contribution in [0.1, 0.15) is 31.1 Å². The number of aromatic hydroxyl groups is 2. The number of hydrogen-bond acceptors (Lipinski definition) is 6. The van der Waals surface area contributed by atoms with Crippen molar-refractivity contribution in [1.82, 2.24) is 0 Å². The van der Waals surface area contributed by atoms with Gasteiger partial charge in [0.05, 0.1) is 14.2 Å². The second-order valence-corrected chi connectivity index (χ2v) is 5.77. The summed E-state index contributed by atoms with van der Waals surface area (Å²) in [5.74, 6) is 0.352. The van der Waals surface area contributed by atoms with E-state index in [2.05, 4.69) is 0 Å². The molecule has 26 heavy (non-hydrogen) atoms. The van der Waals surface area contributed by atoms with Crippen LogP contribution in [0.2, 0.25) is 0 Å². The molecule has 2 aromatic carbocycles. The Morgan fingerprint density at radius 3 is 2.27 bits per heavy atom. The molecule has 140 valence electrons. The molecule has 0 aromatic heterocycles. The molecule has 0 radical (unpaired) electrons. The van der Waals surface area contributed by atoms with E-state index in [4.69, 9.17) is 14.2 Å². The Labute approximate surface area is 152 Å². The van der Waals surface area contributed by atoms with Gasteiger partial charge < -0.3 is 29.5 Å². The van der Waals surface area contributed by atoms with E-state index in [1.54, 1.807) is 20.1 Å². The lowest BCUT2D eigenvalue weighted by molar-refractivity contribution is 0.0448. The summed E-state index contributed by atoms with van der Waals surface area (Å²) < 4.78 is 16.2. The molecule has 2 unspecified atom stereocenters. The van der Waals surface area contributed by atoms with Crippen molar-refractivity contribution in [3.8, 4) is 28.7 Å². The van der Waals surface area contributed by atoms with Gasteiger partial charge in [0, 0.05) is 0 Å². The highest BCUT2D eigenvalue weighted by atomic mass is 16.5. The van der Waals surface area contributed by atoms with Crippen LogP contribution in [0.25, 0.3) is 6.08 Å². The number of aliphatic hydroxyl groups excluding tert-OH is 1. The van der Waals surface area contributed by atoms with Crippen molar-refractivity contribution >= 4 is 6.08 Å². The summed E-state index contributed by atoms with van der Waals surface area (Å²) in [6.07, 6.45) is 2.16. The minimum absolute atomic E-state index is 0.0690. The Bertz CT molecular complexity index is 784. The van der Waals surface area contributed by atoms with Crippen LogP contribution in [0.3, 0.4) is 0 Å². The van der Waals surface area contributed by atoms with Crippen molar-refractivity contribution in [2.45, 2.75) is 26.1 Å². The Morgan fingerprint density at radius 2 is 1.65 bits per heavy atom. The summed E-state index contributed by atoms with van der Waals surface area (Å²) in [6, 6.07) is 8.21. The third-order valence-corrected chi connectivity index (χ3v) is 3.94. The molecular formula is C20H24O6. The fourth-order valence-electron chi connectivity index (χ4n) is 2.55. The minimum atomic E-state index is -1.06. The van der Waals surface area contributed by atoms with E-state index in [-0.39, 0.29) is 17.2 Å². The van der Waals surface area contributed by atoms with Crippen LogP contribution in [0.15, 0.2) is 36.4 Å². The van der Waals surface area contributed by atoms with Crippen molar-refractivity contribution in [1.29, 1.82) is 0 Å². The molecule has 0 aliphatic carbocycles. The smallest absolute Gasteiger partial charge is 0.200 e. The van der Waals surface area contributed by atoms with E-state index in [0.29, 0.717) is 17.1 Å². The summed E-state index contributed by atoms with van der Waals surface area (Å²) >= 11 is 0. The van der Waals surface area contributed by atoms with E-state index in [1.165, 1.54) is 19.2 Å². The maximum absolute atomic E-state index is 10.6. The van der Waals surface area contributed by atoms with E-state index in [1.807, 2.05) is 31.2 Å². The van der Waals surface area contributed by atoms with Gasteiger partial charge in [-0.15, -0.1) is 0 Å². The number of phenolic OH excluding ortho intramolecular Hbond substituents is 2. The number of aliphatic hydroxyl groups is 1. The minimum Gasteiger partial charge on any atom is -0.504 e. The topological polar surface area (TPSA) is 88.4 Å². The van der Waals surface area contributed by atoms with Gasteiger partial charge in [0.25, 0.3) is 0 Å². The maximum atomic E-state index is 10.6. The Balaban J connectivity index is 2.24. The largest absolute Gasteiger partial charge is 0.504 e. The van der Waals surface area contributed by atoms with Gasteiger partial charge in [-0.3, -0.25) is 0 Å². The van der Waals surface area contributed by atoms with Gasteiger partial charge in [-0.05, 0) is 49.2 Å². The molecule has 3 N–H and O–H groups in total. The number of rotatable bonds is 7. The first-order valence-electron chi connectivity index (χ1n) is 8.16. The average molecular weight is 360 g/mol. The third-order valence-electron chi connectivity index (χ3n) is 3.94. The van der Waals surface area contributed by atoms with Crippen LogP contribution in [0, 0.1) is 0 Å².